The van der Waals surface area contributed by atoms with E-state index in [1.165, 1.54) is 0 Å². The number of nitro groups is 1. The molecule has 0 aromatic heterocycles. The molecule has 4 nitrogen and oxygen atoms in total. The van der Waals surface area contributed by atoms with Gasteiger partial charge < -0.3 is 5.32 Å². The van der Waals surface area contributed by atoms with Crippen molar-refractivity contribution in [2.24, 2.45) is 5.92 Å². The molecule has 0 aliphatic rings. The lowest BCUT2D eigenvalue weighted by atomic mass is 10.0. The number of nitro benzene ring substituents is 1. The molecule has 0 aliphatic heterocycles. The topological polar surface area (TPSA) is 55.2 Å². The van der Waals surface area contributed by atoms with Crippen LogP contribution < -0.4 is 5.32 Å². The summed E-state index contributed by atoms with van der Waals surface area (Å²) in [6, 6.07) is 1.46. The molecule has 0 aliphatic carbocycles. The summed E-state index contributed by atoms with van der Waals surface area (Å²) in [5.74, 6) is -1.67. The Morgan fingerprint density at radius 1 is 1.33 bits per heavy atom. The molecule has 0 heterocycles. The van der Waals surface area contributed by atoms with Gasteiger partial charge in [0, 0.05) is 18.7 Å². The fourth-order valence-electron chi connectivity index (χ4n) is 1.72. The summed E-state index contributed by atoms with van der Waals surface area (Å²) < 4.78 is 26.4. The Hall–Kier alpha value is -1.72. The Labute approximate surface area is 104 Å². The van der Waals surface area contributed by atoms with E-state index < -0.39 is 22.2 Å². The van der Waals surface area contributed by atoms with Crippen LogP contribution in [0, 0.1) is 27.7 Å². The van der Waals surface area contributed by atoms with Gasteiger partial charge in [-0.1, -0.05) is 26.7 Å². The Bertz CT molecular complexity index is 434. The van der Waals surface area contributed by atoms with Gasteiger partial charge in [0.15, 0.2) is 0 Å². The lowest BCUT2D eigenvalue weighted by Crippen LogP contribution is -2.14. The molecule has 1 aromatic rings. The zero-order valence-electron chi connectivity index (χ0n) is 10.4. The highest BCUT2D eigenvalue weighted by atomic mass is 19.1. The highest BCUT2D eigenvalue weighted by Gasteiger charge is 2.22. The largest absolute Gasteiger partial charge is 0.379 e. The number of benzene rings is 1. The average Bonchev–Trinajstić information content (AvgIpc) is 2.28. The van der Waals surface area contributed by atoms with Gasteiger partial charge in [-0.05, 0) is 5.92 Å². The van der Waals surface area contributed by atoms with Crippen molar-refractivity contribution in [3.63, 3.8) is 0 Å². The third-order valence-electron chi connectivity index (χ3n) is 2.95. The Kier molecular flexibility index (Phi) is 5.00. The lowest BCUT2D eigenvalue weighted by Gasteiger charge is -2.14. The van der Waals surface area contributed by atoms with Gasteiger partial charge >= 0.3 is 5.69 Å². The lowest BCUT2D eigenvalue weighted by molar-refractivity contribution is -0.386. The van der Waals surface area contributed by atoms with Crippen LogP contribution in [0.5, 0.6) is 0 Å². The van der Waals surface area contributed by atoms with Gasteiger partial charge in [-0.15, -0.1) is 0 Å². The number of hydrogen-bond donors (Lipinski definition) is 1. The highest BCUT2D eigenvalue weighted by Crippen LogP contribution is 2.29. The van der Waals surface area contributed by atoms with Crippen LogP contribution in [0.1, 0.15) is 26.7 Å². The van der Waals surface area contributed by atoms with Crippen LogP contribution in [0.15, 0.2) is 12.1 Å². The van der Waals surface area contributed by atoms with Crippen LogP contribution >= 0.6 is 0 Å². The fraction of sp³-hybridized carbons (Fsp3) is 0.500. The molecule has 0 fully saturated rings. The second-order valence-electron chi connectivity index (χ2n) is 4.10. The van der Waals surface area contributed by atoms with E-state index in [1.54, 1.807) is 0 Å². The van der Waals surface area contributed by atoms with Crippen LogP contribution in [-0.4, -0.2) is 11.5 Å². The first-order chi connectivity index (χ1) is 8.49. The van der Waals surface area contributed by atoms with Gasteiger partial charge in [0.05, 0.1) is 4.92 Å². The highest BCUT2D eigenvalue weighted by molar-refractivity contribution is 5.62. The number of rotatable bonds is 6. The van der Waals surface area contributed by atoms with Crippen molar-refractivity contribution < 1.29 is 13.7 Å². The van der Waals surface area contributed by atoms with E-state index in [0.29, 0.717) is 18.5 Å². The predicted molar refractivity (Wildman–Crippen MR) is 65.6 cm³/mol. The number of anilines is 1. The van der Waals surface area contributed by atoms with Crippen molar-refractivity contribution in [1.29, 1.82) is 0 Å². The summed E-state index contributed by atoms with van der Waals surface area (Å²) in [4.78, 5) is 9.90. The van der Waals surface area contributed by atoms with Crippen molar-refractivity contribution in [3.8, 4) is 0 Å². The quantitative estimate of drug-likeness (QED) is 0.625. The van der Waals surface area contributed by atoms with Crippen molar-refractivity contribution in [2.45, 2.75) is 26.7 Å². The van der Waals surface area contributed by atoms with Gasteiger partial charge in [-0.25, -0.2) is 4.39 Å². The molecule has 1 N–H and O–H groups in total. The van der Waals surface area contributed by atoms with Gasteiger partial charge in [-0.3, -0.25) is 10.1 Å². The Morgan fingerprint density at radius 3 is 2.44 bits per heavy atom. The maximum absolute atomic E-state index is 13.3. The first-order valence-electron chi connectivity index (χ1n) is 5.86. The van der Waals surface area contributed by atoms with E-state index in [4.69, 9.17) is 0 Å². The van der Waals surface area contributed by atoms with Gasteiger partial charge in [0.25, 0.3) is 0 Å². The van der Waals surface area contributed by atoms with Crippen molar-refractivity contribution in [3.05, 3.63) is 33.9 Å². The van der Waals surface area contributed by atoms with Crippen molar-refractivity contribution >= 4 is 11.4 Å². The maximum atomic E-state index is 13.3. The van der Waals surface area contributed by atoms with Crippen LogP contribution in [0.2, 0.25) is 0 Å². The second-order valence-corrected chi connectivity index (χ2v) is 4.10. The molecule has 6 heteroatoms. The molecule has 18 heavy (non-hydrogen) atoms. The summed E-state index contributed by atoms with van der Waals surface area (Å²) in [6.45, 7) is 4.45. The Balaban J connectivity index is 2.96. The molecule has 1 rings (SSSR count). The molecule has 0 amide bonds. The summed E-state index contributed by atoms with van der Waals surface area (Å²) in [5, 5.41) is 13.5. The smallest absolute Gasteiger partial charge is 0.327 e. The van der Waals surface area contributed by atoms with Crippen molar-refractivity contribution in [1.82, 2.24) is 0 Å². The fourth-order valence-corrected chi connectivity index (χ4v) is 1.72. The van der Waals surface area contributed by atoms with E-state index in [9.17, 15) is 18.9 Å². The second kappa shape index (κ2) is 6.28. The molecule has 100 valence electrons. The molecule has 0 spiro atoms. The third-order valence-corrected chi connectivity index (χ3v) is 2.95. The minimum Gasteiger partial charge on any atom is -0.379 e. The third kappa shape index (κ3) is 3.38. The van der Waals surface area contributed by atoms with Gasteiger partial charge in [-0.2, -0.15) is 4.39 Å². The molecule has 0 radical (unpaired) electrons. The molecule has 0 unspecified atom stereocenters. The van der Waals surface area contributed by atoms with Crippen LogP contribution in [0.4, 0.5) is 20.2 Å². The first kappa shape index (κ1) is 14.3. The molecular formula is C12H16F2N2O2. The first-order valence-corrected chi connectivity index (χ1v) is 5.86. The summed E-state index contributed by atoms with van der Waals surface area (Å²) in [6.07, 6.45) is 1.80. The Morgan fingerprint density at radius 2 is 1.94 bits per heavy atom. The summed E-state index contributed by atoms with van der Waals surface area (Å²) in [5.41, 5.74) is -0.813. The SMILES string of the molecule is CCC(CC)CNc1cc(F)cc(F)c1[N+](=O)[O-]. The minimum atomic E-state index is -1.16. The normalized spacial score (nSPS) is 10.7. The van der Waals surface area contributed by atoms with E-state index in [2.05, 4.69) is 5.32 Å². The molecular weight excluding hydrogens is 242 g/mol. The molecule has 0 atom stereocenters. The maximum Gasteiger partial charge on any atom is 0.327 e. The molecule has 1 aromatic carbocycles. The van der Waals surface area contributed by atoms with Crippen LogP contribution in [0.3, 0.4) is 0 Å². The summed E-state index contributed by atoms with van der Waals surface area (Å²) in [7, 11) is 0. The van der Waals surface area contributed by atoms with E-state index in [0.717, 1.165) is 18.9 Å². The molecule has 0 bridgehead atoms. The number of halogens is 2. The van der Waals surface area contributed by atoms with Crippen molar-refractivity contribution in [2.75, 3.05) is 11.9 Å². The van der Waals surface area contributed by atoms with Crippen LogP contribution in [0.25, 0.3) is 0 Å². The van der Waals surface area contributed by atoms with Gasteiger partial charge in [0.1, 0.15) is 11.5 Å². The predicted octanol–water partition coefficient (Wildman–Crippen LogP) is 3.72. The number of nitrogens with zero attached hydrogens (tertiary/aromatic N) is 1. The van der Waals surface area contributed by atoms with E-state index in [1.807, 2.05) is 13.8 Å². The number of hydrogen-bond acceptors (Lipinski definition) is 3. The molecule has 0 saturated heterocycles. The average molecular weight is 258 g/mol. The van der Waals surface area contributed by atoms with E-state index in [-0.39, 0.29) is 5.69 Å². The van der Waals surface area contributed by atoms with Gasteiger partial charge in [0.2, 0.25) is 5.82 Å². The minimum absolute atomic E-state index is 0.107. The van der Waals surface area contributed by atoms with E-state index >= 15 is 0 Å². The zero-order chi connectivity index (χ0) is 13.7. The monoisotopic (exact) mass is 258 g/mol. The number of nitrogens with one attached hydrogen (secondary N) is 1. The zero-order valence-corrected chi connectivity index (χ0v) is 10.4. The summed E-state index contributed by atoms with van der Waals surface area (Å²) >= 11 is 0. The standard InChI is InChI=1S/C12H16F2N2O2/c1-3-8(4-2)7-15-11-6-9(13)5-10(14)12(11)16(17)18/h5-6,8,15H,3-4,7H2,1-2H3. The molecule has 0 saturated carbocycles. The van der Waals surface area contributed by atoms with Crippen LogP contribution in [-0.2, 0) is 0 Å².